The Kier molecular flexibility index (Phi) is 13.0. The van der Waals surface area contributed by atoms with Crippen molar-refractivity contribution < 1.29 is 33.0 Å². The van der Waals surface area contributed by atoms with E-state index >= 15 is 4.39 Å². The number of aromatic carboxylic acids is 1. The van der Waals surface area contributed by atoms with Crippen LogP contribution in [0.5, 0.6) is 11.5 Å². The van der Waals surface area contributed by atoms with E-state index in [1.54, 1.807) is 24.3 Å². The molecule has 0 aliphatic carbocycles. The highest BCUT2D eigenvalue weighted by Gasteiger charge is 2.18. The Hall–Kier alpha value is -3.74. The normalized spacial score (nSPS) is 11.7. The number of hydrogen-bond acceptors (Lipinski definition) is 4. The van der Waals surface area contributed by atoms with Crippen molar-refractivity contribution in [3.8, 4) is 33.8 Å². The zero-order valence-electron chi connectivity index (χ0n) is 24.9. The fourth-order valence-corrected chi connectivity index (χ4v) is 4.72. The minimum absolute atomic E-state index is 0.0457. The highest BCUT2D eigenvalue weighted by molar-refractivity contribution is 5.96. The van der Waals surface area contributed by atoms with Crippen molar-refractivity contribution in [1.82, 2.24) is 0 Å². The van der Waals surface area contributed by atoms with Gasteiger partial charge in [-0.15, -0.1) is 0 Å². The summed E-state index contributed by atoms with van der Waals surface area (Å²) in [6, 6.07) is 12.9. The van der Waals surface area contributed by atoms with Crippen LogP contribution < -0.4 is 9.47 Å². The fourth-order valence-electron chi connectivity index (χ4n) is 4.72. The predicted molar refractivity (Wildman–Crippen MR) is 162 cm³/mol. The van der Waals surface area contributed by atoms with Crippen LogP contribution in [0.15, 0.2) is 54.6 Å². The van der Waals surface area contributed by atoms with Gasteiger partial charge in [0.15, 0.2) is 11.6 Å². The molecule has 0 radical (unpaired) electrons. The van der Waals surface area contributed by atoms with E-state index < -0.39 is 23.6 Å². The van der Waals surface area contributed by atoms with E-state index in [4.69, 9.17) is 9.47 Å². The maximum absolute atomic E-state index is 15.4. The number of carboxylic acid groups (broad SMARTS) is 1. The lowest BCUT2D eigenvalue weighted by Crippen LogP contribution is -2.12. The van der Waals surface area contributed by atoms with Crippen LogP contribution in [0, 0.1) is 17.6 Å². The van der Waals surface area contributed by atoms with Crippen molar-refractivity contribution in [2.45, 2.75) is 85.0 Å². The van der Waals surface area contributed by atoms with Crippen LogP contribution in [0.2, 0.25) is 0 Å². The van der Waals surface area contributed by atoms with E-state index in [1.165, 1.54) is 62.4 Å². The first-order valence-corrected chi connectivity index (χ1v) is 15.0. The summed E-state index contributed by atoms with van der Waals surface area (Å²) in [4.78, 5) is 24.0. The number of carbonyl (C=O) groups excluding carboxylic acids is 1. The molecule has 0 aliphatic rings. The van der Waals surface area contributed by atoms with E-state index in [9.17, 15) is 19.1 Å². The Labute approximate surface area is 247 Å². The summed E-state index contributed by atoms with van der Waals surface area (Å²) in [6.07, 6.45) is 10.4. The molecule has 0 saturated carbocycles. The van der Waals surface area contributed by atoms with Crippen LogP contribution in [0.1, 0.15) is 95.3 Å². The number of carbonyl (C=O) groups is 2. The monoisotopic (exact) mass is 580 g/mol. The lowest BCUT2D eigenvalue weighted by molar-refractivity contribution is -0.135. The number of benzene rings is 3. The van der Waals surface area contributed by atoms with Crippen molar-refractivity contribution in [3.05, 3.63) is 71.8 Å². The zero-order valence-corrected chi connectivity index (χ0v) is 24.9. The van der Waals surface area contributed by atoms with Gasteiger partial charge in [0.2, 0.25) is 0 Å². The Morgan fingerprint density at radius 2 is 1.43 bits per heavy atom. The summed E-state index contributed by atoms with van der Waals surface area (Å²) < 4.78 is 41.2. The van der Waals surface area contributed by atoms with Gasteiger partial charge in [-0.1, -0.05) is 90.3 Å². The van der Waals surface area contributed by atoms with E-state index in [0.29, 0.717) is 23.5 Å². The average Bonchev–Trinajstić information content (AvgIpc) is 2.97. The first kappa shape index (κ1) is 32.8. The molecule has 0 aliphatic heterocycles. The quantitative estimate of drug-likeness (QED) is 0.0977. The van der Waals surface area contributed by atoms with Crippen molar-refractivity contribution in [2.24, 2.45) is 5.92 Å². The number of ether oxygens (including phenoxy) is 2. The third-order valence-corrected chi connectivity index (χ3v) is 7.45. The van der Waals surface area contributed by atoms with Gasteiger partial charge >= 0.3 is 11.9 Å². The number of esters is 1. The molecule has 0 aromatic heterocycles. The molecule has 0 amide bonds. The third kappa shape index (κ3) is 9.68. The first-order chi connectivity index (χ1) is 20.2. The fraction of sp³-hybridized carbons (Fsp3) is 0.429. The molecular weight excluding hydrogens is 538 g/mol. The first-order valence-electron chi connectivity index (χ1n) is 15.0. The molecule has 0 unspecified atom stereocenters. The van der Waals surface area contributed by atoms with Crippen LogP contribution in [0.4, 0.5) is 8.78 Å². The van der Waals surface area contributed by atoms with Crippen LogP contribution in [-0.4, -0.2) is 23.7 Å². The lowest BCUT2D eigenvalue weighted by atomic mass is 9.96. The van der Waals surface area contributed by atoms with E-state index in [2.05, 4.69) is 6.92 Å². The summed E-state index contributed by atoms with van der Waals surface area (Å²) in [5.74, 6) is -2.65. The molecule has 42 heavy (non-hydrogen) atoms. The van der Waals surface area contributed by atoms with E-state index in [1.807, 2.05) is 13.8 Å². The molecule has 1 N–H and O–H groups in total. The molecule has 0 bridgehead atoms. The van der Waals surface area contributed by atoms with Crippen molar-refractivity contribution in [3.63, 3.8) is 0 Å². The number of hydrogen-bond donors (Lipinski definition) is 1. The second-order valence-electron chi connectivity index (χ2n) is 10.9. The number of unbranched alkanes of at least 4 members (excludes halogenated alkanes) is 7. The summed E-state index contributed by atoms with van der Waals surface area (Å²) >= 11 is 0. The summed E-state index contributed by atoms with van der Waals surface area (Å²) in [7, 11) is 0. The van der Waals surface area contributed by atoms with Gasteiger partial charge in [-0.25, -0.2) is 13.6 Å². The maximum atomic E-state index is 15.4. The lowest BCUT2D eigenvalue weighted by Gasteiger charge is -2.13. The topological polar surface area (TPSA) is 72.8 Å². The van der Waals surface area contributed by atoms with Gasteiger partial charge in [0.05, 0.1) is 12.2 Å². The largest absolute Gasteiger partial charge is 0.494 e. The van der Waals surface area contributed by atoms with Crippen LogP contribution in [0.25, 0.3) is 22.3 Å². The molecule has 7 heteroatoms. The van der Waals surface area contributed by atoms with Crippen molar-refractivity contribution >= 4 is 11.9 Å². The smallest absolute Gasteiger partial charge is 0.336 e. The molecule has 5 nitrogen and oxygen atoms in total. The minimum Gasteiger partial charge on any atom is -0.494 e. The van der Waals surface area contributed by atoms with Gasteiger partial charge in [0, 0.05) is 17.5 Å². The number of carboxylic acids is 1. The van der Waals surface area contributed by atoms with Crippen LogP contribution in [-0.2, 0) is 4.79 Å². The second kappa shape index (κ2) is 16.6. The van der Waals surface area contributed by atoms with Crippen LogP contribution in [0.3, 0.4) is 0 Å². The third-order valence-electron chi connectivity index (χ3n) is 7.45. The average molecular weight is 581 g/mol. The van der Waals surface area contributed by atoms with Crippen molar-refractivity contribution in [1.29, 1.82) is 0 Å². The number of rotatable bonds is 17. The van der Waals surface area contributed by atoms with Gasteiger partial charge in [0.1, 0.15) is 11.6 Å². The molecule has 3 rings (SSSR count). The van der Waals surface area contributed by atoms with Gasteiger partial charge in [0.25, 0.3) is 0 Å². The van der Waals surface area contributed by atoms with Crippen molar-refractivity contribution in [2.75, 3.05) is 6.61 Å². The Morgan fingerprint density at radius 1 is 0.786 bits per heavy atom. The molecule has 0 spiro atoms. The summed E-state index contributed by atoms with van der Waals surface area (Å²) in [5.41, 5.74) is 1.04. The Balaban J connectivity index is 1.70. The SMILES string of the molecule is CCCCCCCCCCOc1ccc(C(=O)O)c(-c2ccc(-c3ccc(OC(=O)C[C@@H](C)CC)c(F)c3)cc2F)c1. The van der Waals surface area contributed by atoms with Gasteiger partial charge in [-0.05, 0) is 59.9 Å². The van der Waals surface area contributed by atoms with Gasteiger partial charge in [-0.3, -0.25) is 4.79 Å². The Morgan fingerprint density at radius 3 is 2.05 bits per heavy atom. The molecular formula is C35H42F2O5. The van der Waals surface area contributed by atoms with Gasteiger partial charge < -0.3 is 14.6 Å². The summed E-state index contributed by atoms with van der Waals surface area (Å²) in [5, 5.41) is 9.73. The maximum Gasteiger partial charge on any atom is 0.336 e. The molecule has 3 aromatic carbocycles. The predicted octanol–water partition coefficient (Wildman–Crippen LogP) is 9.86. The minimum atomic E-state index is -1.18. The molecule has 3 aromatic rings. The molecule has 0 saturated heterocycles. The Bertz CT molecular complexity index is 1340. The molecule has 226 valence electrons. The van der Waals surface area contributed by atoms with Crippen LogP contribution >= 0.6 is 0 Å². The zero-order chi connectivity index (χ0) is 30.5. The van der Waals surface area contributed by atoms with Gasteiger partial charge in [-0.2, -0.15) is 0 Å². The molecule has 1 atom stereocenters. The standard InChI is InChI=1S/C35H42F2O5/c1-4-6-7-8-9-10-11-12-19-41-27-15-17-29(35(39)40)30(23-27)28-16-13-25(21-31(28)36)26-14-18-33(32(37)22-26)42-34(38)20-24(3)5-2/h13-18,21-24H,4-12,19-20H2,1-3H3,(H,39,40)/t24-/m0/s1. The highest BCUT2D eigenvalue weighted by Crippen LogP contribution is 2.34. The number of halogens is 2. The molecule has 0 fully saturated rings. The van der Waals surface area contributed by atoms with E-state index in [0.717, 1.165) is 25.7 Å². The summed E-state index contributed by atoms with van der Waals surface area (Å²) in [6.45, 7) is 6.58. The van der Waals surface area contributed by atoms with E-state index in [-0.39, 0.29) is 34.8 Å². The second-order valence-corrected chi connectivity index (χ2v) is 10.9. The molecule has 0 heterocycles. The highest BCUT2D eigenvalue weighted by atomic mass is 19.1.